The molecule has 12 heteroatoms. The third-order valence-electron chi connectivity index (χ3n) is 8.01. The molecule has 0 aliphatic carbocycles. The van der Waals surface area contributed by atoms with Crippen LogP contribution in [-0.2, 0) is 30.3 Å². The molecule has 2 heterocycles. The van der Waals surface area contributed by atoms with Crippen LogP contribution in [0.25, 0.3) is 0 Å². The van der Waals surface area contributed by atoms with E-state index in [0.717, 1.165) is 0 Å². The van der Waals surface area contributed by atoms with Crippen LogP contribution in [0.15, 0.2) is 103 Å². The minimum Gasteiger partial charge on any atom is -0.598 e. The average molecular weight is 708 g/mol. The van der Waals surface area contributed by atoms with Crippen LogP contribution in [-0.4, -0.2) is 80.6 Å². The van der Waals surface area contributed by atoms with Crippen molar-refractivity contribution in [3.63, 3.8) is 0 Å². The van der Waals surface area contributed by atoms with Gasteiger partial charge < -0.3 is 28.6 Å². The first kappa shape index (κ1) is 36.6. The lowest BCUT2D eigenvalue weighted by Crippen LogP contribution is -2.66. The maximum atomic E-state index is 13.7. The fourth-order valence-electron chi connectivity index (χ4n) is 5.35. The number of benzene rings is 3. The summed E-state index contributed by atoms with van der Waals surface area (Å²) in [7, 11) is 0. The number of nitrogens with one attached hydrogen (secondary N) is 1. The Morgan fingerprint density at radius 1 is 0.816 bits per heavy atom. The van der Waals surface area contributed by atoms with Gasteiger partial charge in [-0.25, -0.2) is 14.4 Å². The highest BCUT2D eigenvalue weighted by molar-refractivity contribution is 7.99. The Balaban J connectivity index is 1.63. The molecule has 0 radical (unpaired) electrons. The van der Waals surface area contributed by atoms with Crippen molar-refractivity contribution in [3.8, 4) is 0 Å². The van der Waals surface area contributed by atoms with Gasteiger partial charge in [-0.2, -0.15) is 0 Å². The lowest BCUT2D eigenvalue weighted by molar-refractivity contribution is -0.205. The fourth-order valence-corrected chi connectivity index (χ4v) is 7.47. The monoisotopic (exact) mass is 707 g/mol. The van der Waals surface area contributed by atoms with Crippen molar-refractivity contribution in [2.45, 2.75) is 67.8 Å². The molecule has 8 atom stereocenters. The standard InChI is InChI=1S/C37H41NO9S2/c1-37(2,3)49(43)38-28-21-13-14-24(22-39)23-48-36-32(46-35(42)27-19-11-6-12-20-27)31(45-34(41)26-17-9-5-10-18-26)30(29(28)47-36)44-33(40)25-15-7-4-8-16-25/h4-20,24,28-32,36,38-39H,21-23H2,1-3H3/b14-13+/t24?,28-,29-,30+,31+,32-,36-,49-/m1/s1. The largest absolute Gasteiger partial charge is 0.598 e. The Bertz CT molecular complexity index is 1570. The Kier molecular flexibility index (Phi) is 12.6. The molecule has 10 nitrogen and oxygen atoms in total. The molecule has 0 aromatic heterocycles. The highest BCUT2D eigenvalue weighted by Crippen LogP contribution is 2.38. The summed E-state index contributed by atoms with van der Waals surface area (Å²) in [5, 5.41) is 10.1. The van der Waals surface area contributed by atoms with Crippen LogP contribution < -0.4 is 4.72 Å². The van der Waals surface area contributed by atoms with E-state index in [-0.39, 0.29) is 35.6 Å². The topological polar surface area (TPSA) is 143 Å². The van der Waals surface area contributed by atoms with Crippen molar-refractivity contribution in [1.29, 1.82) is 0 Å². The van der Waals surface area contributed by atoms with E-state index in [0.29, 0.717) is 5.75 Å². The van der Waals surface area contributed by atoms with Crippen LogP contribution in [0.4, 0.5) is 0 Å². The van der Waals surface area contributed by atoms with E-state index >= 15 is 0 Å². The predicted octanol–water partition coefficient (Wildman–Crippen LogP) is 5.11. The first-order valence-corrected chi connectivity index (χ1v) is 18.3. The molecule has 1 saturated heterocycles. The maximum Gasteiger partial charge on any atom is 0.338 e. The summed E-state index contributed by atoms with van der Waals surface area (Å²) in [4.78, 5) is 41.1. The first-order chi connectivity index (χ1) is 23.5. The molecule has 0 spiro atoms. The van der Waals surface area contributed by atoms with Crippen LogP contribution >= 0.6 is 11.8 Å². The third kappa shape index (κ3) is 9.53. The van der Waals surface area contributed by atoms with Crippen LogP contribution in [0.3, 0.4) is 0 Å². The SMILES string of the molecule is CC(C)(C)[S@@+]([O-])N[C@@H]1C/C=C/C(CO)CS[C@H]2O[C@H]1[C@H](OC(=O)c1ccccc1)[C@H](OC(=O)c1ccccc1)[C@H]2OC(=O)c1ccccc1. The quantitative estimate of drug-likeness (QED) is 0.133. The molecule has 5 rings (SSSR count). The van der Waals surface area contributed by atoms with Gasteiger partial charge in [0.2, 0.25) is 0 Å². The molecule has 1 fully saturated rings. The summed E-state index contributed by atoms with van der Waals surface area (Å²) in [5.41, 5.74) is -0.190. The van der Waals surface area contributed by atoms with Crippen molar-refractivity contribution >= 4 is 41.0 Å². The summed E-state index contributed by atoms with van der Waals surface area (Å²) >= 11 is -0.313. The van der Waals surface area contributed by atoms with Gasteiger partial charge in [0.1, 0.15) is 16.3 Å². The molecule has 260 valence electrons. The molecule has 2 N–H and O–H groups in total. The van der Waals surface area contributed by atoms with Crippen LogP contribution in [0.1, 0.15) is 58.3 Å². The van der Waals surface area contributed by atoms with E-state index < -0.39 is 69.9 Å². The van der Waals surface area contributed by atoms with Gasteiger partial charge in [0.25, 0.3) is 0 Å². The smallest absolute Gasteiger partial charge is 0.338 e. The summed E-state index contributed by atoms with van der Waals surface area (Å²) < 4.78 is 41.3. The van der Waals surface area contributed by atoms with Crippen molar-refractivity contribution in [3.05, 3.63) is 120 Å². The second-order valence-electron chi connectivity index (χ2n) is 12.7. The summed E-state index contributed by atoms with van der Waals surface area (Å²) in [6, 6.07) is 24.3. The van der Waals surface area contributed by atoms with Crippen molar-refractivity contribution in [1.82, 2.24) is 4.72 Å². The Morgan fingerprint density at radius 3 is 1.76 bits per heavy atom. The summed E-state index contributed by atoms with van der Waals surface area (Å²) in [5.74, 6) is -2.02. The van der Waals surface area contributed by atoms with E-state index in [4.69, 9.17) is 18.9 Å². The number of carbonyl (C=O) groups excluding carboxylic acids is 3. The first-order valence-electron chi connectivity index (χ1n) is 16.1. The molecule has 2 aliphatic heterocycles. The van der Waals surface area contributed by atoms with E-state index in [1.54, 1.807) is 91.0 Å². The predicted molar refractivity (Wildman–Crippen MR) is 187 cm³/mol. The molecule has 3 aromatic carbocycles. The van der Waals surface area contributed by atoms with Crippen LogP contribution in [0.2, 0.25) is 0 Å². The molecular formula is C37H41NO9S2. The number of aliphatic hydroxyl groups excluding tert-OH is 1. The zero-order valence-electron chi connectivity index (χ0n) is 27.5. The lowest BCUT2D eigenvalue weighted by Gasteiger charge is -2.47. The second-order valence-corrected chi connectivity index (χ2v) is 15.9. The Morgan fingerprint density at radius 2 is 1.29 bits per heavy atom. The second kappa shape index (κ2) is 16.8. The van der Waals surface area contributed by atoms with Gasteiger partial charge in [0.05, 0.1) is 29.3 Å². The zero-order chi connectivity index (χ0) is 35.0. The van der Waals surface area contributed by atoms with Gasteiger partial charge in [-0.15, -0.1) is 16.5 Å². The van der Waals surface area contributed by atoms with Crippen molar-refractivity contribution in [2.24, 2.45) is 5.92 Å². The molecule has 1 unspecified atom stereocenters. The Hall–Kier alpha value is -3.65. The van der Waals surface area contributed by atoms with Crippen molar-refractivity contribution in [2.75, 3.05) is 12.4 Å². The number of fused-ring (bicyclic) bond motifs is 2. The molecular weight excluding hydrogens is 667 g/mol. The van der Waals surface area contributed by atoms with Gasteiger partial charge >= 0.3 is 17.9 Å². The normalized spacial score (nSPS) is 26.8. The van der Waals surface area contributed by atoms with Gasteiger partial charge in [0, 0.05) is 23.0 Å². The van der Waals surface area contributed by atoms with Gasteiger partial charge in [-0.3, -0.25) is 0 Å². The summed E-state index contributed by atoms with van der Waals surface area (Å²) in [6.07, 6.45) is -0.933. The number of hydrogen-bond donors (Lipinski definition) is 2. The molecule has 0 saturated carbocycles. The number of carbonyl (C=O) groups is 3. The van der Waals surface area contributed by atoms with Crippen LogP contribution in [0.5, 0.6) is 0 Å². The number of esters is 3. The maximum absolute atomic E-state index is 13.7. The summed E-state index contributed by atoms with van der Waals surface area (Å²) in [6.45, 7) is 5.32. The number of aliphatic hydroxyl groups is 1. The van der Waals surface area contributed by atoms with E-state index in [2.05, 4.69) is 4.72 Å². The third-order valence-corrected chi connectivity index (χ3v) is 11.0. The molecule has 2 aliphatic rings. The molecule has 3 aromatic rings. The highest BCUT2D eigenvalue weighted by Gasteiger charge is 2.55. The minimum atomic E-state index is -1.59. The molecule has 0 amide bonds. The van der Waals surface area contributed by atoms with Gasteiger partial charge in [0.15, 0.2) is 18.3 Å². The Labute approximate surface area is 293 Å². The number of rotatable bonds is 9. The average Bonchev–Trinajstić information content (AvgIpc) is 3.11. The lowest BCUT2D eigenvalue weighted by atomic mass is 9.92. The highest BCUT2D eigenvalue weighted by atomic mass is 32.2. The van der Waals surface area contributed by atoms with Gasteiger partial charge in [-0.05, 0) is 63.6 Å². The zero-order valence-corrected chi connectivity index (χ0v) is 29.1. The van der Waals surface area contributed by atoms with E-state index in [1.807, 2.05) is 32.9 Å². The number of thioether (sulfide) groups is 1. The molecule has 49 heavy (non-hydrogen) atoms. The number of ether oxygens (including phenoxy) is 4. The van der Waals surface area contributed by atoms with Crippen molar-refractivity contribution < 1.29 is 43.0 Å². The van der Waals surface area contributed by atoms with Gasteiger partial charge in [-0.1, -0.05) is 66.7 Å². The minimum absolute atomic E-state index is 0.149. The fraction of sp³-hybridized carbons (Fsp3) is 0.378. The molecule has 2 bridgehead atoms. The number of hydrogen-bond acceptors (Lipinski definition) is 11. The van der Waals surface area contributed by atoms with E-state index in [1.165, 1.54) is 11.8 Å². The van der Waals surface area contributed by atoms with E-state index in [9.17, 15) is 24.0 Å². The van der Waals surface area contributed by atoms with Crippen LogP contribution in [0, 0.1) is 5.92 Å².